The summed E-state index contributed by atoms with van der Waals surface area (Å²) in [5.74, 6) is 0.313. The van der Waals surface area contributed by atoms with Gasteiger partial charge in [-0.3, -0.25) is 0 Å². The van der Waals surface area contributed by atoms with Crippen LogP contribution in [0.5, 0.6) is 0 Å². The molecule has 0 atom stereocenters. The van der Waals surface area contributed by atoms with E-state index in [1.807, 2.05) is 0 Å². The Morgan fingerprint density at radius 3 is 2.75 bits per heavy atom. The van der Waals surface area contributed by atoms with E-state index in [0.29, 0.717) is 5.95 Å². The van der Waals surface area contributed by atoms with Crippen molar-refractivity contribution in [2.24, 2.45) is 0 Å². The average molecular weight is 212 g/mol. The van der Waals surface area contributed by atoms with Gasteiger partial charge in [0.1, 0.15) is 0 Å². The summed E-state index contributed by atoms with van der Waals surface area (Å²) in [4.78, 5) is 8.00. The van der Waals surface area contributed by atoms with E-state index >= 15 is 0 Å². The van der Waals surface area contributed by atoms with Crippen LogP contribution in [0.1, 0.15) is 12.1 Å². The second-order valence-electron chi connectivity index (χ2n) is 3.87. The summed E-state index contributed by atoms with van der Waals surface area (Å²) in [5, 5.41) is 0. The van der Waals surface area contributed by atoms with Gasteiger partial charge in [-0.05, 0) is 18.6 Å². The molecule has 4 heteroatoms. The number of rotatable bonds is 1. The lowest BCUT2D eigenvalue weighted by molar-refractivity contribution is 0.698. The Morgan fingerprint density at radius 2 is 2.00 bits per heavy atom. The highest BCUT2D eigenvalue weighted by molar-refractivity contribution is 5.66. The molecule has 3 heterocycles. The van der Waals surface area contributed by atoms with Crippen molar-refractivity contribution in [3.63, 3.8) is 0 Å². The maximum Gasteiger partial charge on any atom is 0.219 e. The van der Waals surface area contributed by atoms with Gasteiger partial charge >= 0.3 is 0 Å². The molecule has 3 rings (SSSR count). The Morgan fingerprint density at radius 1 is 1.19 bits per heavy atom. The van der Waals surface area contributed by atoms with Gasteiger partial charge in [0.15, 0.2) is 0 Å². The minimum atomic E-state index is 0.313. The highest BCUT2D eigenvalue weighted by Gasteiger charge is 2.08. The fourth-order valence-corrected chi connectivity index (χ4v) is 1.92. The third-order valence-electron chi connectivity index (χ3n) is 2.76. The van der Waals surface area contributed by atoms with Gasteiger partial charge < -0.3 is 10.3 Å². The van der Waals surface area contributed by atoms with Crippen molar-refractivity contribution < 1.29 is 0 Å². The van der Waals surface area contributed by atoms with Crippen LogP contribution in [0.15, 0.2) is 30.7 Å². The Balaban J connectivity index is 2.04. The molecular formula is C12H12N4. The summed E-state index contributed by atoms with van der Waals surface area (Å²) >= 11 is 0. The summed E-state index contributed by atoms with van der Waals surface area (Å²) < 4.78 is 2.24. The lowest BCUT2D eigenvalue weighted by Gasteiger charge is -2.07. The Hall–Kier alpha value is -2.10. The van der Waals surface area contributed by atoms with E-state index in [-0.39, 0.29) is 0 Å². The zero-order chi connectivity index (χ0) is 11.0. The normalized spacial score (nSPS) is 13.8. The number of aryl methyl sites for hydroxylation is 1. The summed E-state index contributed by atoms with van der Waals surface area (Å²) in [6.45, 7) is 1.04. The van der Waals surface area contributed by atoms with Gasteiger partial charge in [0.2, 0.25) is 5.95 Å². The van der Waals surface area contributed by atoms with E-state index in [2.05, 4.69) is 39.0 Å². The third-order valence-corrected chi connectivity index (χ3v) is 2.76. The van der Waals surface area contributed by atoms with Gasteiger partial charge in [0.05, 0.1) is 0 Å². The van der Waals surface area contributed by atoms with Gasteiger partial charge in [-0.1, -0.05) is 6.08 Å². The van der Waals surface area contributed by atoms with Crippen molar-refractivity contribution in [2.75, 3.05) is 5.73 Å². The fourth-order valence-electron chi connectivity index (χ4n) is 1.92. The zero-order valence-corrected chi connectivity index (χ0v) is 8.80. The molecule has 0 saturated carbocycles. The minimum absolute atomic E-state index is 0.313. The smallest absolute Gasteiger partial charge is 0.219 e. The first-order chi connectivity index (χ1) is 7.83. The van der Waals surface area contributed by atoms with E-state index < -0.39 is 0 Å². The molecule has 0 radical (unpaired) electrons. The van der Waals surface area contributed by atoms with Crippen molar-refractivity contribution >= 4 is 12.0 Å². The zero-order valence-electron chi connectivity index (χ0n) is 8.80. The minimum Gasteiger partial charge on any atom is -0.368 e. The highest BCUT2D eigenvalue weighted by Crippen LogP contribution is 2.24. The molecular weight excluding hydrogens is 200 g/mol. The Labute approximate surface area is 93.5 Å². The van der Waals surface area contributed by atoms with Crippen LogP contribution in [-0.4, -0.2) is 14.5 Å². The van der Waals surface area contributed by atoms with Gasteiger partial charge in [-0.2, -0.15) is 0 Å². The highest BCUT2D eigenvalue weighted by atomic mass is 15.0. The fraction of sp³-hybridized carbons (Fsp3) is 0.167. The molecule has 4 nitrogen and oxygen atoms in total. The van der Waals surface area contributed by atoms with Crippen molar-refractivity contribution in [1.29, 1.82) is 0 Å². The molecule has 0 spiro atoms. The van der Waals surface area contributed by atoms with E-state index in [9.17, 15) is 0 Å². The molecule has 0 unspecified atom stereocenters. The summed E-state index contributed by atoms with van der Waals surface area (Å²) in [7, 11) is 0. The predicted octanol–water partition coefficient (Wildman–Crippen LogP) is 1.94. The lowest BCUT2D eigenvalue weighted by atomic mass is 10.2. The van der Waals surface area contributed by atoms with Crippen LogP contribution in [0, 0.1) is 0 Å². The first-order valence-corrected chi connectivity index (χ1v) is 5.27. The maximum absolute atomic E-state index is 5.46. The number of hydrogen-bond donors (Lipinski definition) is 1. The standard InChI is InChI=1S/C12H12N4/c13-12-14-6-10(7-15-12)9-5-11-3-1-2-4-16(11)8-9/h1,3,5-8H,2,4H2,(H2,13,14,15). The molecule has 2 aromatic rings. The number of aromatic nitrogens is 3. The number of nitrogens with zero attached hydrogens (tertiary/aromatic N) is 3. The second-order valence-corrected chi connectivity index (χ2v) is 3.87. The number of fused-ring (bicyclic) bond motifs is 1. The number of allylic oxidation sites excluding steroid dienone is 1. The van der Waals surface area contributed by atoms with Gasteiger partial charge in [0, 0.05) is 42.0 Å². The van der Waals surface area contributed by atoms with Crippen molar-refractivity contribution in [3.8, 4) is 11.1 Å². The molecule has 0 aliphatic carbocycles. The molecule has 0 saturated heterocycles. The van der Waals surface area contributed by atoms with Crippen molar-refractivity contribution in [2.45, 2.75) is 13.0 Å². The largest absolute Gasteiger partial charge is 0.368 e. The van der Waals surface area contributed by atoms with Crippen LogP contribution >= 0.6 is 0 Å². The molecule has 80 valence electrons. The van der Waals surface area contributed by atoms with Crippen molar-refractivity contribution in [3.05, 3.63) is 36.4 Å². The molecule has 0 amide bonds. The number of nitrogen functional groups attached to an aromatic ring is 1. The van der Waals surface area contributed by atoms with E-state index in [1.54, 1.807) is 12.4 Å². The molecule has 1 aliphatic heterocycles. The monoisotopic (exact) mass is 212 g/mol. The van der Waals surface area contributed by atoms with Crippen LogP contribution < -0.4 is 5.73 Å². The van der Waals surface area contributed by atoms with Crippen molar-refractivity contribution in [1.82, 2.24) is 14.5 Å². The molecule has 2 aromatic heterocycles. The predicted molar refractivity (Wildman–Crippen MR) is 63.5 cm³/mol. The Bertz CT molecular complexity index is 537. The van der Waals surface area contributed by atoms with Crippen LogP contribution in [0.2, 0.25) is 0 Å². The lowest BCUT2D eigenvalue weighted by Crippen LogP contribution is -2.00. The second kappa shape index (κ2) is 3.48. The maximum atomic E-state index is 5.46. The first-order valence-electron chi connectivity index (χ1n) is 5.27. The van der Waals surface area contributed by atoms with Crippen LogP contribution in [0.3, 0.4) is 0 Å². The molecule has 0 fully saturated rings. The van der Waals surface area contributed by atoms with Crippen LogP contribution in [0.4, 0.5) is 5.95 Å². The number of hydrogen-bond acceptors (Lipinski definition) is 3. The van der Waals surface area contributed by atoms with Crippen LogP contribution in [-0.2, 0) is 6.54 Å². The Kier molecular flexibility index (Phi) is 1.99. The number of nitrogens with two attached hydrogens (primary N) is 1. The SMILES string of the molecule is Nc1ncc(-c2cc3n(c2)CCC=C3)cn1. The summed E-state index contributed by atoms with van der Waals surface area (Å²) in [6.07, 6.45) is 11.1. The van der Waals surface area contributed by atoms with E-state index in [0.717, 1.165) is 24.1 Å². The van der Waals surface area contributed by atoms with E-state index in [4.69, 9.17) is 5.73 Å². The number of anilines is 1. The van der Waals surface area contributed by atoms with Crippen LogP contribution in [0.25, 0.3) is 17.2 Å². The van der Waals surface area contributed by atoms with Gasteiger partial charge in [-0.25, -0.2) is 9.97 Å². The third kappa shape index (κ3) is 1.48. The molecule has 16 heavy (non-hydrogen) atoms. The average Bonchev–Trinajstić information content (AvgIpc) is 2.73. The summed E-state index contributed by atoms with van der Waals surface area (Å²) in [6, 6.07) is 2.14. The summed E-state index contributed by atoms with van der Waals surface area (Å²) in [5.41, 5.74) is 8.84. The first kappa shape index (κ1) is 9.15. The molecule has 0 bridgehead atoms. The molecule has 2 N–H and O–H groups in total. The molecule has 1 aliphatic rings. The van der Waals surface area contributed by atoms with Gasteiger partial charge in [0.25, 0.3) is 0 Å². The quantitative estimate of drug-likeness (QED) is 0.786. The topological polar surface area (TPSA) is 56.7 Å². The molecule has 0 aromatic carbocycles. The van der Waals surface area contributed by atoms with Gasteiger partial charge in [-0.15, -0.1) is 0 Å². The van der Waals surface area contributed by atoms with E-state index in [1.165, 1.54) is 5.69 Å².